The summed E-state index contributed by atoms with van der Waals surface area (Å²) in [5.41, 5.74) is 0.299. The fourth-order valence-electron chi connectivity index (χ4n) is 2.99. The Labute approximate surface area is 149 Å². The summed E-state index contributed by atoms with van der Waals surface area (Å²) in [6, 6.07) is 9.92. The normalized spacial score (nSPS) is 12.0. The lowest BCUT2D eigenvalue weighted by Gasteiger charge is -2.12. The van der Waals surface area contributed by atoms with Gasteiger partial charge >= 0.3 is 12.1 Å². The molecule has 0 bridgehead atoms. The zero-order chi connectivity index (χ0) is 19.3. The van der Waals surface area contributed by atoms with E-state index in [0.717, 1.165) is 12.1 Å². The van der Waals surface area contributed by atoms with Crippen molar-refractivity contribution in [2.45, 2.75) is 6.18 Å². The number of carboxylic acids is 1. The van der Waals surface area contributed by atoms with Crippen LogP contribution in [0, 0.1) is 5.82 Å². The maximum Gasteiger partial charge on any atom is 0.416 e. The van der Waals surface area contributed by atoms with Crippen molar-refractivity contribution in [2.75, 3.05) is 0 Å². The van der Waals surface area contributed by atoms with E-state index in [-0.39, 0.29) is 22.3 Å². The van der Waals surface area contributed by atoms with Crippen LogP contribution in [0.3, 0.4) is 0 Å². The average molecular weight is 374 g/mol. The minimum Gasteiger partial charge on any atom is -0.478 e. The smallest absolute Gasteiger partial charge is 0.416 e. The van der Waals surface area contributed by atoms with Gasteiger partial charge in [-0.3, -0.25) is 0 Å². The van der Waals surface area contributed by atoms with Gasteiger partial charge in [0, 0.05) is 11.8 Å². The van der Waals surface area contributed by atoms with Crippen molar-refractivity contribution in [3.05, 3.63) is 71.7 Å². The molecule has 0 radical (unpaired) electrons. The van der Waals surface area contributed by atoms with Crippen molar-refractivity contribution in [3.63, 3.8) is 0 Å². The van der Waals surface area contributed by atoms with E-state index in [1.54, 1.807) is 28.8 Å². The third-order valence-electron chi connectivity index (χ3n) is 4.26. The van der Waals surface area contributed by atoms with E-state index in [2.05, 4.69) is 4.98 Å². The van der Waals surface area contributed by atoms with Crippen LogP contribution in [0.25, 0.3) is 27.8 Å². The molecule has 0 aliphatic carbocycles. The van der Waals surface area contributed by atoms with Crippen LogP contribution in [0.4, 0.5) is 17.6 Å². The monoisotopic (exact) mass is 374 g/mol. The van der Waals surface area contributed by atoms with E-state index < -0.39 is 23.5 Å². The van der Waals surface area contributed by atoms with E-state index in [0.29, 0.717) is 17.1 Å². The third kappa shape index (κ3) is 2.79. The van der Waals surface area contributed by atoms with Crippen molar-refractivity contribution in [2.24, 2.45) is 0 Å². The van der Waals surface area contributed by atoms with Gasteiger partial charge in [-0.15, -0.1) is 0 Å². The first-order chi connectivity index (χ1) is 12.8. The number of carbonyl (C=O) groups is 1. The Morgan fingerprint density at radius 1 is 1.04 bits per heavy atom. The maximum atomic E-state index is 14.5. The molecule has 8 heteroatoms. The van der Waals surface area contributed by atoms with Crippen molar-refractivity contribution < 1.29 is 27.5 Å². The highest BCUT2D eigenvalue weighted by Crippen LogP contribution is 2.34. The lowest BCUT2D eigenvalue weighted by molar-refractivity contribution is -0.137. The zero-order valence-corrected chi connectivity index (χ0v) is 13.5. The number of hydrogen-bond donors (Lipinski definition) is 1. The molecule has 0 saturated heterocycles. The molecule has 1 N–H and O–H groups in total. The Balaban J connectivity index is 2.00. The minimum absolute atomic E-state index is 0.000322. The molecule has 2 aromatic heterocycles. The Bertz CT molecular complexity index is 1210. The highest BCUT2D eigenvalue weighted by atomic mass is 19.4. The Hall–Kier alpha value is -3.42. The molecule has 0 spiro atoms. The molecule has 0 fully saturated rings. The van der Waals surface area contributed by atoms with Crippen LogP contribution in [0.2, 0.25) is 0 Å². The van der Waals surface area contributed by atoms with Gasteiger partial charge in [0.25, 0.3) is 0 Å². The van der Waals surface area contributed by atoms with Crippen LogP contribution in [-0.2, 0) is 6.18 Å². The summed E-state index contributed by atoms with van der Waals surface area (Å²) >= 11 is 0. The number of aromatic carboxylic acids is 1. The van der Waals surface area contributed by atoms with Crippen molar-refractivity contribution >= 4 is 22.5 Å². The summed E-state index contributed by atoms with van der Waals surface area (Å²) in [5, 5.41) is 9.15. The van der Waals surface area contributed by atoms with E-state index in [4.69, 9.17) is 5.11 Å². The second kappa shape index (κ2) is 5.80. The highest BCUT2D eigenvalue weighted by molar-refractivity contribution is 5.94. The van der Waals surface area contributed by atoms with Gasteiger partial charge in [-0.1, -0.05) is 0 Å². The zero-order valence-electron chi connectivity index (χ0n) is 13.5. The second-order valence-corrected chi connectivity index (χ2v) is 5.92. The predicted molar refractivity (Wildman–Crippen MR) is 90.1 cm³/mol. The SMILES string of the molecule is O=C(O)c1ccc2c(c1)nc(-c1ccc(C(F)(F)F)cc1F)c1cccn12. The van der Waals surface area contributed by atoms with E-state index in [1.165, 1.54) is 12.1 Å². The Morgan fingerprint density at radius 3 is 2.48 bits per heavy atom. The van der Waals surface area contributed by atoms with Gasteiger partial charge < -0.3 is 9.51 Å². The summed E-state index contributed by atoms with van der Waals surface area (Å²) in [6.45, 7) is 0. The summed E-state index contributed by atoms with van der Waals surface area (Å²) < 4.78 is 54.5. The largest absolute Gasteiger partial charge is 0.478 e. The van der Waals surface area contributed by atoms with E-state index in [9.17, 15) is 22.4 Å². The Kier molecular flexibility index (Phi) is 3.66. The van der Waals surface area contributed by atoms with Gasteiger partial charge in [0.15, 0.2) is 0 Å². The summed E-state index contributed by atoms with van der Waals surface area (Å²) in [7, 11) is 0. The number of hydrogen-bond acceptors (Lipinski definition) is 2. The van der Waals surface area contributed by atoms with Gasteiger partial charge in [0.1, 0.15) is 5.82 Å². The predicted octanol–water partition coefficient (Wildman–Crippen LogP) is 5.01. The summed E-state index contributed by atoms with van der Waals surface area (Å²) in [5.74, 6) is -2.21. The molecule has 4 rings (SSSR count). The molecule has 2 aromatic carbocycles. The molecule has 2 heterocycles. The first-order valence-corrected chi connectivity index (χ1v) is 7.77. The van der Waals surface area contributed by atoms with Gasteiger partial charge in [-0.2, -0.15) is 13.2 Å². The van der Waals surface area contributed by atoms with Gasteiger partial charge in [0.05, 0.1) is 33.4 Å². The first-order valence-electron chi connectivity index (χ1n) is 7.77. The van der Waals surface area contributed by atoms with Crippen molar-refractivity contribution in [1.29, 1.82) is 0 Å². The summed E-state index contributed by atoms with van der Waals surface area (Å²) in [4.78, 5) is 15.5. The fraction of sp³-hybridized carbons (Fsp3) is 0.0526. The van der Waals surface area contributed by atoms with Crippen LogP contribution >= 0.6 is 0 Å². The van der Waals surface area contributed by atoms with Crippen molar-refractivity contribution in [1.82, 2.24) is 9.38 Å². The number of rotatable bonds is 2. The molecule has 0 aliphatic rings. The van der Waals surface area contributed by atoms with E-state index in [1.807, 2.05) is 0 Å². The standard InChI is InChI=1S/C19H10F4N2O2/c20-13-9-11(19(21,22)23)4-5-12(13)17-16-2-1-7-25(16)15-6-3-10(18(26)27)8-14(15)24-17/h1-9H,(H,26,27). The van der Waals surface area contributed by atoms with Gasteiger partial charge in [-0.05, 0) is 48.5 Å². The topological polar surface area (TPSA) is 54.6 Å². The molecule has 4 nitrogen and oxygen atoms in total. The lowest BCUT2D eigenvalue weighted by Crippen LogP contribution is -2.06. The number of alkyl halides is 3. The molecule has 136 valence electrons. The molecule has 0 unspecified atom stereocenters. The number of fused-ring (bicyclic) bond motifs is 3. The first kappa shape index (κ1) is 17.0. The van der Waals surface area contributed by atoms with Crippen molar-refractivity contribution in [3.8, 4) is 11.3 Å². The van der Waals surface area contributed by atoms with Crippen LogP contribution in [0.1, 0.15) is 15.9 Å². The molecule has 27 heavy (non-hydrogen) atoms. The molecule has 4 aromatic rings. The molecule has 0 saturated carbocycles. The minimum atomic E-state index is -4.66. The number of carboxylic acid groups (broad SMARTS) is 1. The van der Waals surface area contributed by atoms with Crippen LogP contribution in [-0.4, -0.2) is 20.5 Å². The number of halogens is 4. The lowest BCUT2D eigenvalue weighted by atomic mass is 10.1. The van der Waals surface area contributed by atoms with Crippen LogP contribution in [0.15, 0.2) is 54.7 Å². The number of nitrogens with zero attached hydrogens (tertiary/aromatic N) is 2. The Morgan fingerprint density at radius 2 is 1.81 bits per heavy atom. The average Bonchev–Trinajstić information content (AvgIpc) is 3.09. The quantitative estimate of drug-likeness (QED) is 0.502. The second-order valence-electron chi connectivity index (χ2n) is 5.92. The molecular weight excluding hydrogens is 364 g/mol. The molecule has 0 atom stereocenters. The van der Waals surface area contributed by atoms with Crippen LogP contribution in [0.5, 0.6) is 0 Å². The molecular formula is C19H10F4N2O2. The highest BCUT2D eigenvalue weighted by Gasteiger charge is 2.31. The molecule has 0 aliphatic heterocycles. The summed E-state index contributed by atoms with van der Waals surface area (Å²) in [6.07, 6.45) is -2.97. The molecule has 0 amide bonds. The van der Waals surface area contributed by atoms with Crippen LogP contribution < -0.4 is 0 Å². The third-order valence-corrected chi connectivity index (χ3v) is 4.26. The van der Waals surface area contributed by atoms with Gasteiger partial charge in [0.2, 0.25) is 0 Å². The van der Waals surface area contributed by atoms with E-state index >= 15 is 0 Å². The van der Waals surface area contributed by atoms with Gasteiger partial charge in [-0.25, -0.2) is 14.2 Å². The maximum absolute atomic E-state index is 14.5. The fourth-order valence-corrected chi connectivity index (χ4v) is 2.99. The number of aromatic nitrogens is 2. The number of benzene rings is 2.